The summed E-state index contributed by atoms with van der Waals surface area (Å²) >= 11 is 0. The second-order valence-electron chi connectivity index (χ2n) is 2.78. The average molecular weight is 162 g/mol. The van der Waals surface area contributed by atoms with Gasteiger partial charge in [-0.1, -0.05) is 0 Å². The molecular formula is C7H8F2O2. The molecule has 1 unspecified atom stereocenters. The van der Waals surface area contributed by atoms with Gasteiger partial charge in [0.25, 0.3) is 5.92 Å². The highest BCUT2D eigenvalue weighted by Gasteiger charge is 2.40. The van der Waals surface area contributed by atoms with Crippen LogP contribution in [-0.2, 0) is 9.59 Å². The summed E-state index contributed by atoms with van der Waals surface area (Å²) in [5.41, 5.74) is 0. The number of carbonyl (C=O) groups is 2. The largest absolute Gasteiger partial charge is 0.303 e. The van der Waals surface area contributed by atoms with Gasteiger partial charge in [0.05, 0.1) is 12.3 Å². The van der Waals surface area contributed by atoms with Crippen molar-refractivity contribution < 1.29 is 18.4 Å². The van der Waals surface area contributed by atoms with Gasteiger partial charge < -0.3 is 4.79 Å². The molecule has 0 aromatic rings. The van der Waals surface area contributed by atoms with Crippen molar-refractivity contribution in [2.45, 2.75) is 25.2 Å². The summed E-state index contributed by atoms with van der Waals surface area (Å²) in [4.78, 5) is 20.8. The van der Waals surface area contributed by atoms with Crippen LogP contribution in [-0.4, -0.2) is 18.0 Å². The average Bonchev–Trinajstić information content (AvgIpc) is 1.86. The van der Waals surface area contributed by atoms with Gasteiger partial charge in [-0.3, -0.25) is 4.79 Å². The van der Waals surface area contributed by atoms with Crippen molar-refractivity contribution in [2.24, 2.45) is 5.92 Å². The van der Waals surface area contributed by atoms with Crippen molar-refractivity contribution in [3.05, 3.63) is 0 Å². The molecule has 0 spiro atoms. The zero-order valence-electron chi connectivity index (χ0n) is 5.85. The van der Waals surface area contributed by atoms with Crippen LogP contribution in [0.4, 0.5) is 8.78 Å². The Bertz CT molecular complexity index is 189. The van der Waals surface area contributed by atoms with Gasteiger partial charge in [0.15, 0.2) is 0 Å². The van der Waals surface area contributed by atoms with E-state index in [1.165, 1.54) is 0 Å². The molecule has 1 aliphatic carbocycles. The van der Waals surface area contributed by atoms with Crippen molar-refractivity contribution in [1.82, 2.24) is 0 Å². The van der Waals surface area contributed by atoms with Gasteiger partial charge in [-0.05, 0) is 6.42 Å². The molecule has 62 valence electrons. The van der Waals surface area contributed by atoms with Gasteiger partial charge in [-0.25, -0.2) is 8.78 Å². The predicted octanol–water partition coefficient (Wildman–Crippen LogP) is 1.19. The third-order valence-corrected chi connectivity index (χ3v) is 1.83. The zero-order chi connectivity index (χ0) is 8.48. The molecule has 0 amide bonds. The molecule has 1 fully saturated rings. The van der Waals surface area contributed by atoms with Crippen LogP contribution in [0.1, 0.15) is 19.3 Å². The Morgan fingerprint density at radius 1 is 1.55 bits per heavy atom. The summed E-state index contributed by atoms with van der Waals surface area (Å²) in [5.74, 6) is -4.29. The Hall–Kier alpha value is -0.800. The maximum Gasteiger partial charge on any atom is 0.255 e. The lowest BCUT2D eigenvalue weighted by Crippen LogP contribution is -2.33. The van der Waals surface area contributed by atoms with Gasteiger partial charge in [-0.15, -0.1) is 0 Å². The van der Waals surface area contributed by atoms with E-state index in [1.807, 2.05) is 0 Å². The predicted molar refractivity (Wildman–Crippen MR) is 33.4 cm³/mol. The minimum atomic E-state index is -2.88. The first kappa shape index (κ1) is 8.30. The smallest absolute Gasteiger partial charge is 0.255 e. The van der Waals surface area contributed by atoms with Gasteiger partial charge in [0.2, 0.25) is 0 Å². The second kappa shape index (κ2) is 2.68. The van der Waals surface area contributed by atoms with Crippen LogP contribution in [0.3, 0.4) is 0 Å². The lowest BCUT2D eigenvalue weighted by Gasteiger charge is -2.23. The Balaban J connectivity index is 2.62. The Morgan fingerprint density at radius 3 is 2.64 bits per heavy atom. The van der Waals surface area contributed by atoms with E-state index in [4.69, 9.17) is 0 Å². The number of hydrogen-bond donors (Lipinski definition) is 0. The number of ketones is 1. The first-order valence-corrected chi connectivity index (χ1v) is 3.41. The number of alkyl halides is 2. The highest BCUT2D eigenvalue weighted by atomic mass is 19.3. The summed E-state index contributed by atoms with van der Waals surface area (Å²) in [7, 11) is 0. The van der Waals surface area contributed by atoms with Crippen molar-refractivity contribution in [2.75, 3.05) is 0 Å². The Labute approximate surface area is 62.6 Å². The molecule has 0 aromatic carbocycles. The van der Waals surface area contributed by atoms with Crippen LogP contribution in [0, 0.1) is 5.92 Å². The molecule has 1 atom stereocenters. The van der Waals surface area contributed by atoms with E-state index in [1.54, 1.807) is 0 Å². The summed E-state index contributed by atoms with van der Waals surface area (Å²) in [5, 5.41) is 0. The summed E-state index contributed by atoms with van der Waals surface area (Å²) in [6.07, 6.45) is -0.661. The molecule has 0 saturated heterocycles. The summed E-state index contributed by atoms with van der Waals surface area (Å²) in [6.45, 7) is 0. The lowest BCUT2D eigenvalue weighted by molar-refractivity contribution is -0.139. The fourth-order valence-corrected chi connectivity index (χ4v) is 1.15. The van der Waals surface area contributed by atoms with Crippen LogP contribution < -0.4 is 0 Å². The van der Waals surface area contributed by atoms with Crippen LogP contribution in [0.25, 0.3) is 0 Å². The number of Topliss-reactive ketones (excluding diaryl/α,β-unsaturated/α-hetero) is 1. The number of halogens is 2. The van der Waals surface area contributed by atoms with Crippen molar-refractivity contribution in [3.8, 4) is 0 Å². The first-order chi connectivity index (χ1) is 5.05. The van der Waals surface area contributed by atoms with E-state index >= 15 is 0 Å². The maximum atomic E-state index is 12.4. The molecule has 0 heterocycles. The molecular weight excluding hydrogens is 154 g/mol. The molecule has 11 heavy (non-hydrogen) atoms. The van der Waals surface area contributed by atoms with E-state index in [0.29, 0.717) is 6.29 Å². The molecule has 0 radical (unpaired) electrons. The lowest BCUT2D eigenvalue weighted by atomic mass is 9.87. The van der Waals surface area contributed by atoms with E-state index < -0.39 is 24.0 Å². The zero-order valence-corrected chi connectivity index (χ0v) is 5.85. The number of carbonyl (C=O) groups excluding carboxylic acids is 2. The van der Waals surface area contributed by atoms with E-state index in [-0.39, 0.29) is 12.8 Å². The van der Waals surface area contributed by atoms with Gasteiger partial charge in [0, 0.05) is 6.42 Å². The fourth-order valence-electron chi connectivity index (χ4n) is 1.15. The van der Waals surface area contributed by atoms with Crippen LogP contribution >= 0.6 is 0 Å². The monoisotopic (exact) mass is 162 g/mol. The highest BCUT2D eigenvalue weighted by molar-refractivity contribution is 5.94. The van der Waals surface area contributed by atoms with Crippen LogP contribution in [0.2, 0.25) is 0 Å². The third kappa shape index (κ3) is 1.82. The van der Waals surface area contributed by atoms with Gasteiger partial charge >= 0.3 is 0 Å². The Kier molecular flexibility index (Phi) is 2.02. The van der Waals surface area contributed by atoms with Crippen LogP contribution in [0.5, 0.6) is 0 Å². The quantitative estimate of drug-likeness (QED) is 0.428. The molecule has 1 rings (SSSR count). The van der Waals surface area contributed by atoms with E-state index in [2.05, 4.69) is 0 Å². The SMILES string of the molecule is O=CC1CCC(F)(F)CC1=O. The molecule has 0 aliphatic heterocycles. The topological polar surface area (TPSA) is 34.1 Å². The maximum absolute atomic E-state index is 12.4. The molecule has 0 aromatic heterocycles. The van der Waals surface area contributed by atoms with Crippen molar-refractivity contribution in [3.63, 3.8) is 0 Å². The molecule has 4 heteroatoms. The summed E-state index contributed by atoms with van der Waals surface area (Å²) in [6, 6.07) is 0. The molecule has 2 nitrogen and oxygen atoms in total. The highest BCUT2D eigenvalue weighted by Crippen LogP contribution is 2.32. The fraction of sp³-hybridized carbons (Fsp3) is 0.714. The van der Waals surface area contributed by atoms with Crippen molar-refractivity contribution in [1.29, 1.82) is 0 Å². The standard InChI is InChI=1S/C7H8F2O2/c8-7(9)2-1-5(4-10)6(11)3-7/h4-5H,1-3H2. The Morgan fingerprint density at radius 2 is 2.18 bits per heavy atom. The van der Waals surface area contributed by atoms with Crippen LogP contribution in [0.15, 0.2) is 0 Å². The van der Waals surface area contributed by atoms with Crippen molar-refractivity contribution >= 4 is 12.1 Å². The number of rotatable bonds is 1. The molecule has 0 bridgehead atoms. The molecule has 1 aliphatic rings. The van der Waals surface area contributed by atoms with E-state index in [0.717, 1.165) is 0 Å². The third-order valence-electron chi connectivity index (χ3n) is 1.83. The van der Waals surface area contributed by atoms with Gasteiger partial charge in [0.1, 0.15) is 12.1 Å². The normalized spacial score (nSPS) is 30.0. The van der Waals surface area contributed by atoms with E-state index in [9.17, 15) is 18.4 Å². The minimum absolute atomic E-state index is 0.00463. The molecule has 0 N–H and O–H groups in total. The second-order valence-corrected chi connectivity index (χ2v) is 2.78. The number of aldehydes is 1. The summed E-state index contributed by atoms with van der Waals surface area (Å²) < 4.78 is 24.9. The number of hydrogen-bond acceptors (Lipinski definition) is 2. The molecule has 1 saturated carbocycles. The first-order valence-electron chi connectivity index (χ1n) is 3.41. The van der Waals surface area contributed by atoms with Gasteiger partial charge in [-0.2, -0.15) is 0 Å². The minimum Gasteiger partial charge on any atom is -0.303 e.